The molecule has 1 aliphatic heterocycles. The van der Waals surface area contributed by atoms with E-state index >= 15 is 0 Å². The van der Waals surface area contributed by atoms with E-state index < -0.39 is 23.5 Å². The van der Waals surface area contributed by atoms with Gasteiger partial charge in [0.05, 0.1) is 10.6 Å². The number of benzene rings is 3. The molecule has 1 heterocycles. The molecule has 1 amide bonds. The minimum absolute atomic E-state index is 0.0443. The molecular formula is C20H14ClFN2O3. The molecule has 136 valence electrons. The maximum absolute atomic E-state index is 13.4. The highest BCUT2D eigenvalue weighted by atomic mass is 35.5. The minimum atomic E-state index is -0.720. The summed E-state index contributed by atoms with van der Waals surface area (Å²) >= 11 is 6.00. The van der Waals surface area contributed by atoms with Crippen molar-refractivity contribution >= 4 is 28.9 Å². The first kappa shape index (κ1) is 17.2. The van der Waals surface area contributed by atoms with E-state index in [1.807, 2.05) is 0 Å². The maximum Gasteiger partial charge on any atom is 0.262 e. The van der Waals surface area contributed by atoms with Crippen molar-refractivity contribution in [3.8, 4) is 11.5 Å². The van der Waals surface area contributed by atoms with Crippen molar-refractivity contribution in [1.29, 1.82) is 0 Å². The number of carbonyl (C=O) groups excluding carboxylic acids is 1. The van der Waals surface area contributed by atoms with Gasteiger partial charge in [-0.2, -0.15) is 0 Å². The summed E-state index contributed by atoms with van der Waals surface area (Å²) in [6.07, 6.45) is -0.720. The number of halogens is 2. The Hall–Kier alpha value is -3.25. The van der Waals surface area contributed by atoms with Gasteiger partial charge in [-0.05, 0) is 48.5 Å². The van der Waals surface area contributed by atoms with Crippen molar-refractivity contribution in [2.45, 2.75) is 6.17 Å². The van der Waals surface area contributed by atoms with Gasteiger partial charge in [0.25, 0.3) is 5.91 Å². The Labute approximate surface area is 159 Å². The summed E-state index contributed by atoms with van der Waals surface area (Å²) < 4.78 is 13.4. The van der Waals surface area contributed by atoms with Crippen molar-refractivity contribution < 1.29 is 19.4 Å². The Balaban J connectivity index is 1.89. The van der Waals surface area contributed by atoms with Gasteiger partial charge in [-0.25, -0.2) is 4.39 Å². The zero-order valence-corrected chi connectivity index (χ0v) is 14.6. The highest BCUT2D eigenvalue weighted by Gasteiger charge is 2.34. The summed E-state index contributed by atoms with van der Waals surface area (Å²) in [7, 11) is 0. The lowest BCUT2D eigenvalue weighted by Gasteiger charge is -2.38. The zero-order valence-electron chi connectivity index (χ0n) is 13.9. The number of amides is 1. The van der Waals surface area contributed by atoms with Crippen LogP contribution in [0.15, 0.2) is 60.7 Å². The lowest BCUT2D eigenvalue weighted by molar-refractivity contribution is 0.0975. The van der Waals surface area contributed by atoms with Crippen LogP contribution >= 0.6 is 11.6 Å². The van der Waals surface area contributed by atoms with Crippen LogP contribution in [0.1, 0.15) is 22.1 Å². The number of anilines is 2. The number of hydrogen-bond donors (Lipinski definition) is 3. The highest BCUT2D eigenvalue weighted by molar-refractivity contribution is 6.32. The number of aromatic hydroxyl groups is 2. The smallest absolute Gasteiger partial charge is 0.262 e. The van der Waals surface area contributed by atoms with E-state index in [1.165, 1.54) is 41.3 Å². The first-order valence-electron chi connectivity index (χ1n) is 8.12. The molecule has 3 aromatic rings. The van der Waals surface area contributed by atoms with E-state index in [-0.39, 0.29) is 10.9 Å². The Kier molecular flexibility index (Phi) is 4.12. The molecule has 0 aromatic heterocycles. The van der Waals surface area contributed by atoms with Gasteiger partial charge in [-0.15, -0.1) is 0 Å². The Morgan fingerprint density at radius 2 is 1.74 bits per heavy atom. The highest BCUT2D eigenvalue weighted by Crippen LogP contribution is 2.41. The molecule has 3 N–H and O–H groups in total. The van der Waals surface area contributed by atoms with Crippen molar-refractivity contribution in [1.82, 2.24) is 0 Å². The van der Waals surface area contributed by atoms with E-state index in [4.69, 9.17) is 11.6 Å². The second-order valence-corrected chi connectivity index (χ2v) is 6.52. The molecule has 0 saturated carbocycles. The third-order valence-corrected chi connectivity index (χ3v) is 4.70. The molecule has 0 saturated heterocycles. The molecule has 0 bridgehead atoms. The van der Waals surface area contributed by atoms with Crippen LogP contribution < -0.4 is 10.2 Å². The number of phenolic OH excluding ortho intramolecular Hbond substituents is 2. The van der Waals surface area contributed by atoms with Gasteiger partial charge < -0.3 is 15.5 Å². The van der Waals surface area contributed by atoms with Gasteiger partial charge in [0.1, 0.15) is 12.0 Å². The summed E-state index contributed by atoms with van der Waals surface area (Å²) in [6, 6.07) is 15.3. The van der Waals surface area contributed by atoms with Crippen molar-refractivity contribution in [2.75, 3.05) is 10.2 Å². The fourth-order valence-electron chi connectivity index (χ4n) is 3.12. The van der Waals surface area contributed by atoms with E-state index in [0.29, 0.717) is 22.5 Å². The van der Waals surface area contributed by atoms with Crippen LogP contribution in [0.3, 0.4) is 0 Å². The van der Waals surface area contributed by atoms with Gasteiger partial charge in [0.2, 0.25) is 0 Å². The standard InChI is InChI=1S/C20H14ClFN2O3/c21-15-9-11(10-17(25)18(15)26)19-23-16-4-2-1-3-14(16)20(27)24(19)13-7-5-12(22)6-8-13/h1-10,19,23,25-26H/t19-/m0/s1. The summed E-state index contributed by atoms with van der Waals surface area (Å²) in [6.45, 7) is 0. The topological polar surface area (TPSA) is 72.8 Å². The van der Waals surface area contributed by atoms with Crippen molar-refractivity contribution in [3.05, 3.63) is 82.6 Å². The van der Waals surface area contributed by atoms with E-state index in [2.05, 4.69) is 5.32 Å². The number of phenols is 2. The molecule has 5 nitrogen and oxygen atoms in total. The summed E-state index contributed by atoms with van der Waals surface area (Å²) in [4.78, 5) is 14.6. The minimum Gasteiger partial charge on any atom is -0.504 e. The van der Waals surface area contributed by atoms with Crippen LogP contribution in [0.2, 0.25) is 5.02 Å². The number of carbonyl (C=O) groups is 1. The SMILES string of the molecule is O=C1c2ccccc2N[C@H](c2cc(O)c(O)c(Cl)c2)N1c1ccc(F)cc1. The Morgan fingerprint density at radius 3 is 2.44 bits per heavy atom. The quantitative estimate of drug-likeness (QED) is 0.562. The first-order valence-corrected chi connectivity index (χ1v) is 8.49. The van der Waals surface area contributed by atoms with Gasteiger partial charge in [0, 0.05) is 16.9 Å². The third kappa shape index (κ3) is 2.94. The largest absolute Gasteiger partial charge is 0.504 e. The monoisotopic (exact) mass is 384 g/mol. The maximum atomic E-state index is 13.4. The number of para-hydroxylation sites is 1. The van der Waals surface area contributed by atoms with Gasteiger partial charge in [-0.1, -0.05) is 23.7 Å². The molecule has 0 aliphatic carbocycles. The molecule has 1 atom stereocenters. The van der Waals surface area contributed by atoms with Crippen LogP contribution in [0, 0.1) is 5.82 Å². The van der Waals surface area contributed by atoms with Crippen LogP contribution in [0.5, 0.6) is 11.5 Å². The first-order chi connectivity index (χ1) is 13.0. The van der Waals surface area contributed by atoms with Gasteiger partial charge >= 0.3 is 0 Å². The molecule has 1 aliphatic rings. The number of nitrogens with zero attached hydrogens (tertiary/aromatic N) is 1. The summed E-state index contributed by atoms with van der Waals surface area (Å²) in [5, 5.41) is 22.9. The second-order valence-electron chi connectivity index (χ2n) is 6.11. The second kappa shape index (κ2) is 6.48. The summed E-state index contributed by atoms with van der Waals surface area (Å²) in [5.41, 5.74) is 2.02. The predicted molar refractivity (Wildman–Crippen MR) is 101 cm³/mol. The molecule has 0 unspecified atom stereocenters. The number of fused-ring (bicyclic) bond motifs is 1. The molecule has 27 heavy (non-hydrogen) atoms. The average molecular weight is 385 g/mol. The van der Waals surface area contributed by atoms with E-state index in [1.54, 1.807) is 24.3 Å². The van der Waals surface area contributed by atoms with E-state index in [9.17, 15) is 19.4 Å². The lowest BCUT2D eigenvalue weighted by Crippen LogP contribution is -2.43. The third-order valence-electron chi connectivity index (χ3n) is 4.41. The molecule has 0 fully saturated rings. The van der Waals surface area contributed by atoms with Gasteiger partial charge in [-0.3, -0.25) is 9.69 Å². The van der Waals surface area contributed by atoms with Crippen LogP contribution in [0.25, 0.3) is 0 Å². The predicted octanol–water partition coefficient (Wildman–Crippen LogP) is 4.66. The molecule has 7 heteroatoms. The van der Waals surface area contributed by atoms with E-state index in [0.717, 1.165) is 0 Å². The average Bonchev–Trinajstić information content (AvgIpc) is 2.66. The van der Waals surface area contributed by atoms with Crippen LogP contribution in [0.4, 0.5) is 15.8 Å². The zero-order chi connectivity index (χ0) is 19.1. The molecular weight excluding hydrogens is 371 g/mol. The Bertz CT molecular complexity index is 1020. The number of rotatable bonds is 2. The molecule has 4 rings (SSSR count). The normalized spacial score (nSPS) is 16.0. The number of hydrogen-bond acceptors (Lipinski definition) is 4. The summed E-state index contributed by atoms with van der Waals surface area (Å²) in [5.74, 6) is -1.54. The number of nitrogens with one attached hydrogen (secondary N) is 1. The molecule has 0 radical (unpaired) electrons. The Morgan fingerprint density at radius 1 is 1.04 bits per heavy atom. The van der Waals surface area contributed by atoms with Crippen LogP contribution in [-0.2, 0) is 0 Å². The van der Waals surface area contributed by atoms with Crippen LogP contribution in [-0.4, -0.2) is 16.1 Å². The van der Waals surface area contributed by atoms with Gasteiger partial charge in [0.15, 0.2) is 11.5 Å². The lowest BCUT2D eigenvalue weighted by atomic mass is 10.0. The van der Waals surface area contributed by atoms with Crippen molar-refractivity contribution in [2.24, 2.45) is 0 Å². The fraction of sp³-hybridized carbons (Fsp3) is 0.0500. The fourth-order valence-corrected chi connectivity index (χ4v) is 3.34. The molecule has 0 spiro atoms. The molecule has 3 aromatic carbocycles. The van der Waals surface area contributed by atoms with Crippen molar-refractivity contribution in [3.63, 3.8) is 0 Å².